The van der Waals surface area contributed by atoms with Crippen LogP contribution in [0.2, 0.25) is 0 Å². The zero-order valence-corrected chi connectivity index (χ0v) is 13.1. The summed E-state index contributed by atoms with van der Waals surface area (Å²) in [6, 6.07) is 16.6. The van der Waals surface area contributed by atoms with E-state index in [4.69, 9.17) is 4.18 Å². The smallest absolute Gasteiger partial charge is 0.297 e. The number of para-hydroxylation sites is 1. The molecule has 1 aromatic heterocycles. The highest BCUT2D eigenvalue weighted by Crippen LogP contribution is 2.16. The van der Waals surface area contributed by atoms with Crippen molar-refractivity contribution in [3.63, 3.8) is 0 Å². The second-order valence-electron chi connectivity index (χ2n) is 5.16. The summed E-state index contributed by atoms with van der Waals surface area (Å²) in [5.74, 6) is 0. The first kappa shape index (κ1) is 14.8. The monoisotopic (exact) mass is 315 g/mol. The molecule has 0 aliphatic heterocycles. The van der Waals surface area contributed by atoms with Gasteiger partial charge in [0.25, 0.3) is 10.1 Å². The summed E-state index contributed by atoms with van der Waals surface area (Å²) in [4.78, 5) is 0.190. The summed E-state index contributed by atoms with van der Waals surface area (Å²) in [5, 5.41) is 1.13. The molecular weight excluding hydrogens is 298 g/mol. The molecule has 5 heteroatoms. The van der Waals surface area contributed by atoms with Crippen molar-refractivity contribution >= 4 is 21.0 Å². The Kier molecular flexibility index (Phi) is 4.00. The summed E-state index contributed by atoms with van der Waals surface area (Å²) >= 11 is 0. The Balaban J connectivity index is 1.68. The molecule has 4 nitrogen and oxygen atoms in total. The largest absolute Gasteiger partial charge is 0.345 e. The third kappa shape index (κ3) is 3.05. The summed E-state index contributed by atoms with van der Waals surface area (Å²) in [6.07, 6.45) is 1.94. The molecule has 0 saturated carbocycles. The Bertz CT molecular complexity index is 880. The molecule has 0 bridgehead atoms. The molecule has 22 heavy (non-hydrogen) atoms. The molecule has 0 saturated heterocycles. The molecule has 0 N–H and O–H groups in total. The Labute approximate surface area is 130 Å². The number of aryl methyl sites for hydroxylation is 1. The zero-order valence-electron chi connectivity index (χ0n) is 12.3. The van der Waals surface area contributed by atoms with Crippen molar-refractivity contribution in [3.05, 3.63) is 66.4 Å². The van der Waals surface area contributed by atoms with Gasteiger partial charge in [-0.1, -0.05) is 35.9 Å². The van der Waals surface area contributed by atoms with E-state index in [2.05, 4.69) is 0 Å². The maximum absolute atomic E-state index is 12.1. The van der Waals surface area contributed by atoms with Gasteiger partial charge in [-0.15, -0.1) is 0 Å². The van der Waals surface area contributed by atoms with Gasteiger partial charge in [0.15, 0.2) is 0 Å². The van der Waals surface area contributed by atoms with Crippen LogP contribution in [-0.2, 0) is 20.8 Å². The van der Waals surface area contributed by atoms with Crippen LogP contribution in [-0.4, -0.2) is 19.6 Å². The van der Waals surface area contributed by atoms with Crippen molar-refractivity contribution in [2.75, 3.05) is 6.61 Å². The van der Waals surface area contributed by atoms with E-state index in [9.17, 15) is 8.42 Å². The molecule has 0 unspecified atom stereocenters. The van der Waals surface area contributed by atoms with Crippen molar-refractivity contribution in [2.45, 2.75) is 18.4 Å². The van der Waals surface area contributed by atoms with Crippen LogP contribution >= 0.6 is 0 Å². The fourth-order valence-electron chi connectivity index (χ4n) is 2.35. The molecule has 0 aliphatic carbocycles. The van der Waals surface area contributed by atoms with Gasteiger partial charge >= 0.3 is 0 Å². The van der Waals surface area contributed by atoms with E-state index in [-0.39, 0.29) is 11.5 Å². The summed E-state index contributed by atoms with van der Waals surface area (Å²) in [6.45, 7) is 2.50. The number of hydrogen-bond donors (Lipinski definition) is 0. The molecule has 1 heterocycles. The van der Waals surface area contributed by atoms with E-state index in [1.165, 1.54) is 0 Å². The summed E-state index contributed by atoms with van der Waals surface area (Å²) in [7, 11) is -3.70. The normalized spacial score (nSPS) is 11.9. The maximum atomic E-state index is 12.1. The molecule has 114 valence electrons. The lowest BCUT2D eigenvalue weighted by molar-refractivity contribution is 0.302. The number of rotatable bonds is 5. The highest BCUT2D eigenvalue weighted by Gasteiger charge is 2.14. The standard InChI is InChI=1S/C17H17NO3S/c1-14-6-8-16(9-7-14)22(19,20)21-13-12-18-11-10-15-4-2-3-5-17(15)18/h2-11H,12-13H2,1H3. The first-order valence-electron chi connectivity index (χ1n) is 7.06. The van der Waals surface area contributed by atoms with Crippen LogP contribution < -0.4 is 0 Å². The molecule has 0 spiro atoms. The quantitative estimate of drug-likeness (QED) is 0.678. The minimum Gasteiger partial charge on any atom is -0.345 e. The maximum Gasteiger partial charge on any atom is 0.297 e. The van der Waals surface area contributed by atoms with Crippen LogP contribution in [0.5, 0.6) is 0 Å². The lowest BCUT2D eigenvalue weighted by atomic mass is 10.2. The van der Waals surface area contributed by atoms with Gasteiger partial charge in [-0.2, -0.15) is 8.42 Å². The lowest BCUT2D eigenvalue weighted by Crippen LogP contribution is -2.11. The molecule has 0 fully saturated rings. The van der Waals surface area contributed by atoms with E-state index >= 15 is 0 Å². The Morgan fingerprint density at radius 1 is 1.00 bits per heavy atom. The van der Waals surface area contributed by atoms with Gasteiger partial charge in [-0.05, 0) is 36.6 Å². The molecule has 0 radical (unpaired) electrons. The Morgan fingerprint density at radius 3 is 2.50 bits per heavy atom. The highest BCUT2D eigenvalue weighted by atomic mass is 32.2. The topological polar surface area (TPSA) is 48.3 Å². The predicted octanol–water partition coefficient (Wildman–Crippen LogP) is 3.36. The summed E-state index contributed by atoms with van der Waals surface area (Å²) in [5.41, 5.74) is 2.08. The number of benzene rings is 2. The van der Waals surface area contributed by atoms with Gasteiger partial charge < -0.3 is 4.57 Å². The zero-order chi connectivity index (χ0) is 15.6. The minimum absolute atomic E-state index is 0.106. The second kappa shape index (κ2) is 5.94. The van der Waals surface area contributed by atoms with E-state index in [0.717, 1.165) is 16.5 Å². The van der Waals surface area contributed by atoms with Crippen molar-refractivity contribution in [1.29, 1.82) is 0 Å². The van der Waals surface area contributed by atoms with Crippen LogP contribution in [0.1, 0.15) is 5.56 Å². The lowest BCUT2D eigenvalue weighted by Gasteiger charge is -2.08. The summed E-state index contributed by atoms with van der Waals surface area (Å²) < 4.78 is 31.3. The van der Waals surface area contributed by atoms with Crippen molar-refractivity contribution in [3.8, 4) is 0 Å². The second-order valence-corrected chi connectivity index (χ2v) is 6.77. The van der Waals surface area contributed by atoms with Crippen molar-refractivity contribution < 1.29 is 12.6 Å². The van der Waals surface area contributed by atoms with Gasteiger partial charge in [-0.25, -0.2) is 0 Å². The molecule has 0 amide bonds. The molecule has 3 rings (SSSR count). The van der Waals surface area contributed by atoms with Crippen LogP contribution in [0.3, 0.4) is 0 Å². The highest BCUT2D eigenvalue weighted by molar-refractivity contribution is 7.86. The average molecular weight is 315 g/mol. The van der Waals surface area contributed by atoms with Crippen molar-refractivity contribution in [1.82, 2.24) is 4.57 Å². The molecule has 3 aromatic rings. The fourth-order valence-corrected chi connectivity index (χ4v) is 3.25. The van der Waals surface area contributed by atoms with Gasteiger partial charge in [0, 0.05) is 18.3 Å². The molecule has 0 atom stereocenters. The number of aromatic nitrogens is 1. The average Bonchev–Trinajstić information content (AvgIpc) is 2.91. The van der Waals surface area contributed by atoms with Crippen LogP contribution in [0, 0.1) is 6.92 Å². The van der Waals surface area contributed by atoms with Gasteiger partial charge in [0.05, 0.1) is 11.5 Å². The molecular formula is C17H17NO3S. The molecule has 0 aliphatic rings. The number of hydrogen-bond acceptors (Lipinski definition) is 3. The number of nitrogens with zero attached hydrogens (tertiary/aromatic N) is 1. The minimum atomic E-state index is -3.70. The third-order valence-electron chi connectivity index (χ3n) is 3.56. The first-order valence-corrected chi connectivity index (χ1v) is 8.47. The van der Waals surface area contributed by atoms with E-state index in [1.54, 1.807) is 24.3 Å². The third-order valence-corrected chi connectivity index (χ3v) is 4.89. The Morgan fingerprint density at radius 2 is 1.73 bits per heavy atom. The number of fused-ring (bicyclic) bond motifs is 1. The predicted molar refractivity (Wildman–Crippen MR) is 86.3 cm³/mol. The van der Waals surface area contributed by atoms with Gasteiger partial charge in [0.2, 0.25) is 0 Å². The van der Waals surface area contributed by atoms with E-state index in [1.807, 2.05) is 48.0 Å². The van der Waals surface area contributed by atoms with Crippen LogP contribution in [0.25, 0.3) is 10.9 Å². The first-order chi connectivity index (χ1) is 10.6. The van der Waals surface area contributed by atoms with Crippen LogP contribution in [0.15, 0.2) is 65.7 Å². The van der Waals surface area contributed by atoms with Crippen LogP contribution in [0.4, 0.5) is 0 Å². The SMILES string of the molecule is Cc1ccc(S(=O)(=O)OCCn2ccc3ccccc32)cc1. The fraction of sp³-hybridized carbons (Fsp3) is 0.176. The van der Waals surface area contributed by atoms with Gasteiger partial charge in [-0.3, -0.25) is 4.18 Å². The molecule has 2 aromatic carbocycles. The van der Waals surface area contributed by atoms with E-state index in [0.29, 0.717) is 6.54 Å². The Hall–Kier alpha value is -2.11. The van der Waals surface area contributed by atoms with E-state index < -0.39 is 10.1 Å². The van der Waals surface area contributed by atoms with Gasteiger partial charge in [0.1, 0.15) is 0 Å². The van der Waals surface area contributed by atoms with Crippen molar-refractivity contribution in [2.24, 2.45) is 0 Å².